The van der Waals surface area contributed by atoms with E-state index in [4.69, 9.17) is 0 Å². The Labute approximate surface area is 79.9 Å². The Balaban J connectivity index is 2.01. The van der Waals surface area contributed by atoms with Crippen LogP contribution >= 0.6 is 23.5 Å². The highest BCUT2D eigenvalue weighted by Crippen LogP contribution is 2.49. The second kappa shape index (κ2) is 3.03. The van der Waals surface area contributed by atoms with Crippen LogP contribution in [-0.2, 0) is 0 Å². The van der Waals surface area contributed by atoms with E-state index < -0.39 is 6.09 Å². The first kappa shape index (κ1) is 8.56. The van der Waals surface area contributed by atoms with Crippen LogP contribution in [-0.4, -0.2) is 39.7 Å². The van der Waals surface area contributed by atoms with Gasteiger partial charge in [0, 0.05) is 24.6 Å². The van der Waals surface area contributed by atoms with Crippen LogP contribution in [0.15, 0.2) is 0 Å². The molecule has 12 heavy (non-hydrogen) atoms. The van der Waals surface area contributed by atoms with Gasteiger partial charge in [0.05, 0.1) is 4.08 Å². The monoisotopic (exact) mass is 204 g/mol. The van der Waals surface area contributed by atoms with Gasteiger partial charge in [-0.05, 0) is 6.42 Å². The number of amides is 1. The van der Waals surface area contributed by atoms with Crippen molar-refractivity contribution < 1.29 is 9.90 Å². The molecule has 0 atom stereocenters. The second-order valence-electron chi connectivity index (χ2n) is 3.05. The largest absolute Gasteiger partial charge is 0.530 e. The Morgan fingerprint density at radius 3 is 2.58 bits per heavy atom. The minimum atomic E-state index is -1.01. The normalized spacial score (nSPS) is 26.8. The summed E-state index contributed by atoms with van der Waals surface area (Å²) in [5.41, 5.74) is 0. The van der Waals surface area contributed by atoms with E-state index in [-0.39, 0.29) is 4.08 Å². The van der Waals surface area contributed by atoms with E-state index in [9.17, 15) is 9.90 Å². The molecule has 3 nitrogen and oxygen atoms in total. The lowest BCUT2D eigenvalue weighted by atomic mass is 10.4. The molecule has 0 unspecified atom stereocenters. The highest BCUT2D eigenvalue weighted by atomic mass is 32.2. The van der Waals surface area contributed by atoms with Crippen molar-refractivity contribution in [1.29, 1.82) is 0 Å². The van der Waals surface area contributed by atoms with E-state index in [1.807, 2.05) is 23.5 Å². The Morgan fingerprint density at radius 2 is 2.08 bits per heavy atom. The average molecular weight is 204 g/mol. The summed E-state index contributed by atoms with van der Waals surface area (Å²) in [5, 5.41) is 10.5. The van der Waals surface area contributed by atoms with E-state index in [2.05, 4.69) is 0 Å². The quantitative estimate of drug-likeness (QED) is 0.566. The molecular weight excluding hydrogens is 194 g/mol. The standard InChI is InChI=1S/C7H11NO2S2/c9-6(10)8-2-1-7(5-8)11-3-4-12-7/h1-5H2,(H,9,10)/p-1. The Hall–Kier alpha value is -0.0300. The van der Waals surface area contributed by atoms with Crippen LogP contribution in [0, 0.1) is 0 Å². The highest BCUT2D eigenvalue weighted by molar-refractivity contribution is 8.21. The van der Waals surface area contributed by atoms with Crippen LogP contribution in [0.4, 0.5) is 4.79 Å². The predicted molar refractivity (Wildman–Crippen MR) is 49.2 cm³/mol. The fourth-order valence-electron chi connectivity index (χ4n) is 1.64. The maximum absolute atomic E-state index is 10.5. The molecule has 5 heteroatoms. The van der Waals surface area contributed by atoms with Crippen molar-refractivity contribution >= 4 is 29.6 Å². The van der Waals surface area contributed by atoms with E-state index in [1.165, 1.54) is 4.90 Å². The zero-order chi connectivity index (χ0) is 8.60. The molecule has 0 aromatic heterocycles. The van der Waals surface area contributed by atoms with E-state index >= 15 is 0 Å². The average Bonchev–Trinajstić information content (AvgIpc) is 2.62. The van der Waals surface area contributed by atoms with Gasteiger partial charge in [-0.1, -0.05) is 0 Å². The molecule has 0 aromatic carbocycles. The summed E-state index contributed by atoms with van der Waals surface area (Å²) in [6.45, 7) is 1.31. The van der Waals surface area contributed by atoms with Crippen molar-refractivity contribution in [3.05, 3.63) is 0 Å². The van der Waals surface area contributed by atoms with Crippen molar-refractivity contribution in [2.24, 2.45) is 0 Å². The number of carbonyl (C=O) groups excluding carboxylic acids is 1. The molecule has 0 radical (unpaired) electrons. The molecule has 1 amide bonds. The van der Waals surface area contributed by atoms with Crippen LogP contribution in [0.25, 0.3) is 0 Å². The third-order valence-electron chi connectivity index (χ3n) is 2.27. The molecule has 68 valence electrons. The van der Waals surface area contributed by atoms with Crippen molar-refractivity contribution in [1.82, 2.24) is 4.90 Å². The first-order valence-electron chi connectivity index (χ1n) is 3.96. The van der Waals surface area contributed by atoms with Gasteiger partial charge in [0.1, 0.15) is 6.09 Å². The van der Waals surface area contributed by atoms with Crippen molar-refractivity contribution in [2.75, 3.05) is 24.6 Å². The third-order valence-corrected chi connectivity index (χ3v) is 5.77. The molecule has 0 N–H and O–H groups in total. The smallest absolute Gasteiger partial charge is 0.136 e. The van der Waals surface area contributed by atoms with Gasteiger partial charge in [-0.3, -0.25) is 0 Å². The van der Waals surface area contributed by atoms with Crippen molar-refractivity contribution in [3.63, 3.8) is 0 Å². The summed E-state index contributed by atoms with van der Waals surface area (Å²) >= 11 is 3.81. The number of likely N-dealkylation sites (tertiary alicyclic amines) is 1. The van der Waals surface area contributed by atoms with E-state index in [0.717, 1.165) is 17.9 Å². The van der Waals surface area contributed by atoms with E-state index in [1.54, 1.807) is 0 Å². The lowest BCUT2D eigenvalue weighted by Crippen LogP contribution is -2.40. The Morgan fingerprint density at radius 1 is 1.42 bits per heavy atom. The zero-order valence-corrected chi connectivity index (χ0v) is 8.25. The summed E-state index contributed by atoms with van der Waals surface area (Å²) in [4.78, 5) is 12.0. The summed E-state index contributed by atoms with van der Waals surface area (Å²) < 4.78 is 0.181. The minimum Gasteiger partial charge on any atom is -0.530 e. The number of hydrogen-bond acceptors (Lipinski definition) is 4. The van der Waals surface area contributed by atoms with Gasteiger partial charge in [0.2, 0.25) is 0 Å². The number of carboxylic acid groups (broad SMARTS) is 1. The summed E-state index contributed by atoms with van der Waals surface area (Å²) in [6, 6.07) is 0. The second-order valence-corrected chi connectivity index (χ2v) is 6.26. The zero-order valence-electron chi connectivity index (χ0n) is 6.62. The third kappa shape index (κ3) is 1.40. The summed E-state index contributed by atoms with van der Waals surface area (Å²) in [5.74, 6) is 2.32. The topological polar surface area (TPSA) is 43.4 Å². The molecule has 2 aliphatic heterocycles. The molecule has 0 aliphatic carbocycles. The molecule has 0 bridgehead atoms. The first-order chi connectivity index (χ1) is 5.72. The maximum atomic E-state index is 10.5. The van der Waals surface area contributed by atoms with E-state index in [0.29, 0.717) is 13.1 Å². The molecule has 2 heterocycles. The summed E-state index contributed by atoms with van der Waals surface area (Å²) in [7, 11) is 0. The molecule has 2 saturated heterocycles. The fourth-order valence-corrected chi connectivity index (χ4v) is 4.85. The van der Waals surface area contributed by atoms with Gasteiger partial charge >= 0.3 is 0 Å². The first-order valence-corrected chi connectivity index (χ1v) is 5.93. The van der Waals surface area contributed by atoms with Crippen LogP contribution in [0.1, 0.15) is 6.42 Å². The van der Waals surface area contributed by atoms with Crippen LogP contribution < -0.4 is 5.11 Å². The Bertz CT molecular complexity index is 204. The molecule has 2 aliphatic rings. The number of nitrogens with zero attached hydrogens (tertiary/aromatic N) is 1. The highest BCUT2D eigenvalue weighted by Gasteiger charge is 2.41. The molecule has 1 spiro atoms. The van der Waals surface area contributed by atoms with Gasteiger partial charge < -0.3 is 14.8 Å². The van der Waals surface area contributed by atoms with Crippen LogP contribution in [0.5, 0.6) is 0 Å². The maximum Gasteiger partial charge on any atom is 0.136 e. The van der Waals surface area contributed by atoms with Gasteiger partial charge in [0.25, 0.3) is 0 Å². The SMILES string of the molecule is O=C([O-])N1CCC2(C1)SCCS2. The molecule has 2 fully saturated rings. The lowest BCUT2D eigenvalue weighted by Gasteiger charge is -2.23. The van der Waals surface area contributed by atoms with Crippen molar-refractivity contribution in [2.45, 2.75) is 10.5 Å². The van der Waals surface area contributed by atoms with Gasteiger partial charge in [-0.2, -0.15) is 0 Å². The minimum absolute atomic E-state index is 0.181. The molecule has 2 rings (SSSR count). The van der Waals surface area contributed by atoms with Crippen LogP contribution in [0.2, 0.25) is 0 Å². The molecule has 0 saturated carbocycles. The fraction of sp³-hybridized carbons (Fsp3) is 0.857. The predicted octanol–water partition coefficient (Wildman–Crippen LogP) is 0.212. The van der Waals surface area contributed by atoms with Gasteiger partial charge in [0.15, 0.2) is 0 Å². The van der Waals surface area contributed by atoms with Crippen molar-refractivity contribution in [3.8, 4) is 0 Å². The molecular formula is C7H10NO2S2-. The lowest BCUT2D eigenvalue weighted by molar-refractivity contribution is -0.264. The molecule has 0 aromatic rings. The number of rotatable bonds is 0. The number of hydrogen-bond donors (Lipinski definition) is 0. The Kier molecular flexibility index (Phi) is 2.16. The number of thioether (sulfide) groups is 2. The van der Waals surface area contributed by atoms with Crippen LogP contribution in [0.3, 0.4) is 0 Å². The summed E-state index contributed by atoms with van der Waals surface area (Å²) in [6.07, 6.45) is -0.0315. The van der Waals surface area contributed by atoms with Gasteiger partial charge in [-0.15, -0.1) is 23.5 Å². The number of carbonyl (C=O) groups is 1. The van der Waals surface area contributed by atoms with Gasteiger partial charge in [-0.25, -0.2) is 0 Å².